The highest BCUT2D eigenvalue weighted by Gasteiger charge is 2.18. The highest BCUT2D eigenvalue weighted by molar-refractivity contribution is 5.77. The van der Waals surface area contributed by atoms with Gasteiger partial charge in [-0.2, -0.15) is 0 Å². The van der Waals surface area contributed by atoms with Gasteiger partial charge in [0.2, 0.25) is 0 Å². The molecule has 1 aromatic carbocycles. The van der Waals surface area contributed by atoms with Crippen molar-refractivity contribution in [1.82, 2.24) is 10.2 Å². The molecule has 0 saturated heterocycles. The highest BCUT2D eigenvalue weighted by Crippen LogP contribution is 2.21. The van der Waals surface area contributed by atoms with Gasteiger partial charge in [-0.1, -0.05) is 18.9 Å². The van der Waals surface area contributed by atoms with Gasteiger partial charge in [0.15, 0.2) is 6.61 Å². The van der Waals surface area contributed by atoms with Crippen molar-refractivity contribution in [3.63, 3.8) is 0 Å². The summed E-state index contributed by atoms with van der Waals surface area (Å²) < 4.78 is 5.40. The molecule has 0 spiro atoms. The van der Waals surface area contributed by atoms with E-state index in [9.17, 15) is 4.79 Å². The van der Waals surface area contributed by atoms with Gasteiger partial charge >= 0.3 is 0 Å². The molecule has 1 saturated carbocycles. The van der Waals surface area contributed by atoms with Crippen LogP contribution < -0.4 is 15.8 Å². The molecule has 5 heteroatoms. The third-order valence-electron chi connectivity index (χ3n) is 3.96. The number of ether oxygens (including phenoxy) is 1. The predicted molar refractivity (Wildman–Crippen MR) is 84.2 cm³/mol. The second-order valence-electron chi connectivity index (χ2n) is 5.63. The van der Waals surface area contributed by atoms with Gasteiger partial charge < -0.3 is 20.7 Å². The summed E-state index contributed by atoms with van der Waals surface area (Å²) in [5.74, 6) is 0.519. The van der Waals surface area contributed by atoms with Gasteiger partial charge in [0.1, 0.15) is 5.75 Å². The smallest absolute Gasteiger partial charge is 0.257 e. The Bertz CT molecular complexity index is 459. The lowest BCUT2D eigenvalue weighted by atomic mass is 10.2. The van der Waals surface area contributed by atoms with E-state index in [1.54, 1.807) is 24.3 Å². The van der Waals surface area contributed by atoms with Crippen LogP contribution in [0.5, 0.6) is 5.75 Å². The van der Waals surface area contributed by atoms with Crippen LogP contribution in [0.4, 0.5) is 5.69 Å². The molecule has 1 aliphatic rings. The van der Waals surface area contributed by atoms with E-state index in [2.05, 4.69) is 17.3 Å². The van der Waals surface area contributed by atoms with Crippen molar-refractivity contribution in [2.75, 3.05) is 32.5 Å². The van der Waals surface area contributed by atoms with Crippen molar-refractivity contribution in [3.8, 4) is 5.75 Å². The van der Waals surface area contributed by atoms with Crippen LogP contribution in [0.15, 0.2) is 24.3 Å². The fourth-order valence-electron chi connectivity index (χ4n) is 2.70. The number of hydrogen-bond donors (Lipinski definition) is 2. The molecule has 5 nitrogen and oxygen atoms in total. The standard InChI is InChI=1S/C16H25N3O2/c1-19(14-6-2-3-7-14)10-9-18-16(20)12-21-15-8-4-5-13(17)11-15/h4-5,8,11,14H,2-3,6-7,9-10,12,17H2,1H3,(H,18,20). The minimum absolute atomic E-state index is 0.0244. The molecule has 0 atom stereocenters. The van der Waals surface area contributed by atoms with Crippen molar-refractivity contribution in [2.24, 2.45) is 0 Å². The number of likely N-dealkylation sites (N-methyl/N-ethyl adjacent to an activating group) is 1. The summed E-state index contributed by atoms with van der Waals surface area (Å²) in [5, 5.41) is 2.89. The van der Waals surface area contributed by atoms with Crippen molar-refractivity contribution in [3.05, 3.63) is 24.3 Å². The maximum atomic E-state index is 11.7. The van der Waals surface area contributed by atoms with Gasteiger partial charge in [-0.3, -0.25) is 4.79 Å². The first-order valence-electron chi connectivity index (χ1n) is 7.60. The minimum Gasteiger partial charge on any atom is -0.484 e. The van der Waals surface area contributed by atoms with E-state index in [1.165, 1.54) is 25.7 Å². The van der Waals surface area contributed by atoms with Crippen molar-refractivity contribution >= 4 is 11.6 Å². The van der Waals surface area contributed by atoms with Crippen molar-refractivity contribution in [1.29, 1.82) is 0 Å². The quantitative estimate of drug-likeness (QED) is 0.749. The first-order valence-corrected chi connectivity index (χ1v) is 7.60. The van der Waals surface area contributed by atoms with E-state index in [1.807, 2.05) is 0 Å². The van der Waals surface area contributed by atoms with Gasteiger partial charge in [-0.25, -0.2) is 0 Å². The lowest BCUT2D eigenvalue weighted by Crippen LogP contribution is -2.38. The molecule has 1 aliphatic carbocycles. The Morgan fingerprint density at radius 1 is 1.43 bits per heavy atom. The Labute approximate surface area is 126 Å². The van der Waals surface area contributed by atoms with Gasteiger partial charge in [-0.15, -0.1) is 0 Å². The summed E-state index contributed by atoms with van der Waals surface area (Å²) in [7, 11) is 2.13. The van der Waals surface area contributed by atoms with Gasteiger partial charge in [0, 0.05) is 30.9 Å². The molecular weight excluding hydrogens is 266 g/mol. The maximum absolute atomic E-state index is 11.7. The second-order valence-corrected chi connectivity index (χ2v) is 5.63. The Balaban J connectivity index is 1.61. The number of carbonyl (C=O) groups excluding carboxylic acids is 1. The topological polar surface area (TPSA) is 67.6 Å². The van der Waals surface area contributed by atoms with Crippen LogP contribution >= 0.6 is 0 Å². The first-order chi connectivity index (χ1) is 10.1. The van der Waals surface area contributed by atoms with Crippen LogP contribution in [-0.4, -0.2) is 43.6 Å². The lowest BCUT2D eigenvalue weighted by molar-refractivity contribution is -0.123. The number of amides is 1. The molecule has 1 amide bonds. The molecule has 0 bridgehead atoms. The fraction of sp³-hybridized carbons (Fsp3) is 0.562. The van der Waals surface area contributed by atoms with Crippen LogP contribution in [0.25, 0.3) is 0 Å². The molecule has 0 unspecified atom stereocenters. The van der Waals surface area contributed by atoms with Crippen LogP contribution in [0, 0.1) is 0 Å². The number of hydrogen-bond acceptors (Lipinski definition) is 4. The molecule has 116 valence electrons. The summed E-state index contributed by atoms with van der Waals surface area (Å²) in [6.45, 7) is 1.57. The largest absolute Gasteiger partial charge is 0.484 e. The molecule has 0 aromatic heterocycles. The van der Waals surface area contributed by atoms with E-state index in [0.29, 0.717) is 24.0 Å². The minimum atomic E-state index is -0.0998. The van der Waals surface area contributed by atoms with Gasteiger partial charge in [0.25, 0.3) is 5.91 Å². The molecule has 21 heavy (non-hydrogen) atoms. The average molecular weight is 291 g/mol. The zero-order valence-corrected chi connectivity index (χ0v) is 12.7. The number of nitrogen functional groups attached to an aromatic ring is 1. The number of nitrogens with zero attached hydrogens (tertiary/aromatic N) is 1. The number of carbonyl (C=O) groups is 1. The van der Waals surface area contributed by atoms with E-state index in [-0.39, 0.29) is 12.5 Å². The molecule has 0 heterocycles. The third-order valence-corrected chi connectivity index (χ3v) is 3.96. The van der Waals surface area contributed by atoms with Crippen LogP contribution in [0.1, 0.15) is 25.7 Å². The summed E-state index contributed by atoms with van der Waals surface area (Å²) in [6.07, 6.45) is 5.22. The normalized spacial score (nSPS) is 15.3. The van der Waals surface area contributed by atoms with E-state index in [4.69, 9.17) is 10.5 Å². The Hall–Kier alpha value is -1.75. The summed E-state index contributed by atoms with van der Waals surface area (Å²) in [4.78, 5) is 14.1. The van der Waals surface area contributed by atoms with E-state index >= 15 is 0 Å². The third kappa shape index (κ3) is 5.27. The van der Waals surface area contributed by atoms with Crippen LogP contribution in [0.3, 0.4) is 0 Å². The molecular formula is C16H25N3O2. The van der Waals surface area contributed by atoms with Gasteiger partial charge in [-0.05, 0) is 32.0 Å². The number of anilines is 1. The van der Waals surface area contributed by atoms with Crippen LogP contribution in [0.2, 0.25) is 0 Å². The number of nitrogens with one attached hydrogen (secondary N) is 1. The Kier molecular flexibility index (Phi) is 5.87. The highest BCUT2D eigenvalue weighted by atomic mass is 16.5. The monoisotopic (exact) mass is 291 g/mol. The molecule has 1 aromatic rings. The summed E-state index contributed by atoms with van der Waals surface area (Å²) in [5.41, 5.74) is 6.28. The molecule has 0 aliphatic heterocycles. The molecule has 1 fully saturated rings. The number of benzene rings is 1. The number of nitrogens with two attached hydrogens (primary N) is 1. The maximum Gasteiger partial charge on any atom is 0.257 e. The number of rotatable bonds is 7. The zero-order valence-electron chi connectivity index (χ0n) is 12.7. The summed E-state index contributed by atoms with van der Waals surface area (Å²) in [6, 6.07) is 7.77. The SMILES string of the molecule is CN(CCNC(=O)COc1cccc(N)c1)C1CCCC1. The first kappa shape index (κ1) is 15.6. The lowest BCUT2D eigenvalue weighted by Gasteiger charge is -2.23. The molecule has 2 rings (SSSR count). The second kappa shape index (κ2) is 7.88. The van der Waals surface area contributed by atoms with Gasteiger partial charge in [0.05, 0.1) is 0 Å². The zero-order chi connectivity index (χ0) is 15.1. The van der Waals surface area contributed by atoms with E-state index in [0.717, 1.165) is 6.54 Å². The van der Waals surface area contributed by atoms with E-state index < -0.39 is 0 Å². The fourth-order valence-corrected chi connectivity index (χ4v) is 2.70. The molecule has 0 radical (unpaired) electrons. The predicted octanol–water partition coefficient (Wildman–Crippen LogP) is 1.64. The molecule has 3 N–H and O–H groups in total. The van der Waals surface area contributed by atoms with Crippen LogP contribution in [-0.2, 0) is 4.79 Å². The Morgan fingerprint density at radius 3 is 2.90 bits per heavy atom. The van der Waals surface area contributed by atoms with Crippen molar-refractivity contribution < 1.29 is 9.53 Å². The summed E-state index contributed by atoms with van der Waals surface area (Å²) >= 11 is 0. The average Bonchev–Trinajstić information content (AvgIpc) is 2.99. The Morgan fingerprint density at radius 2 is 2.19 bits per heavy atom. The van der Waals surface area contributed by atoms with Crippen molar-refractivity contribution in [2.45, 2.75) is 31.7 Å².